The first-order valence-electron chi connectivity index (χ1n) is 17.0. The summed E-state index contributed by atoms with van der Waals surface area (Å²) in [6.45, 7) is 0. The molecular weight excluding hydrogens is 619 g/mol. The zero-order valence-corrected chi connectivity index (χ0v) is 27.6. The first kappa shape index (κ1) is 29.9. The van der Waals surface area contributed by atoms with Crippen LogP contribution in [0.25, 0.3) is 66.4 Å². The number of nitriles is 2. The highest BCUT2D eigenvalue weighted by molar-refractivity contribution is 6.18. The van der Waals surface area contributed by atoms with Crippen molar-refractivity contribution >= 4 is 27.8 Å². The molecule has 8 aromatic carbocycles. The molecule has 0 aliphatic heterocycles. The van der Waals surface area contributed by atoms with E-state index in [1.807, 2.05) is 54.6 Å². The Morgan fingerprint density at radius 1 is 0.333 bits per heavy atom. The Morgan fingerprint density at radius 3 is 1.51 bits per heavy atom. The molecule has 0 bridgehead atoms. The number of hydrogen-bond donors (Lipinski definition) is 0. The molecule has 9 rings (SSSR count). The van der Waals surface area contributed by atoms with Gasteiger partial charge in [-0.25, -0.2) is 0 Å². The van der Waals surface area contributed by atoms with Crippen LogP contribution in [0.4, 0.5) is 17.1 Å². The van der Waals surface area contributed by atoms with Crippen molar-refractivity contribution in [2.75, 3.05) is 4.90 Å². The smallest absolute Gasteiger partial charge is 0.0991 e. The van der Waals surface area contributed by atoms with Crippen LogP contribution in [0.5, 0.6) is 0 Å². The lowest BCUT2D eigenvalue weighted by Crippen LogP contribution is -2.10. The van der Waals surface area contributed by atoms with Crippen molar-refractivity contribution in [2.45, 2.75) is 0 Å². The van der Waals surface area contributed by atoms with E-state index in [-0.39, 0.29) is 0 Å². The maximum absolute atomic E-state index is 9.72. The van der Waals surface area contributed by atoms with Gasteiger partial charge in [-0.3, -0.25) is 0 Å². The number of benzene rings is 8. The summed E-state index contributed by atoms with van der Waals surface area (Å²) in [5.74, 6) is 0. The van der Waals surface area contributed by atoms with Gasteiger partial charge in [0, 0.05) is 17.1 Å². The van der Waals surface area contributed by atoms with Gasteiger partial charge in [0.15, 0.2) is 0 Å². The maximum Gasteiger partial charge on any atom is 0.0991 e. The molecule has 0 atom stereocenters. The zero-order valence-electron chi connectivity index (χ0n) is 27.6. The first-order valence-corrected chi connectivity index (χ1v) is 17.0. The van der Waals surface area contributed by atoms with Crippen LogP contribution in [0.2, 0.25) is 0 Å². The van der Waals surface area contributed by atoms with Crippen LogP contribution in [0.1, 0.15) is 11.1 Å². The molecule has 0 amide bonds. The Hall–Kier alpha value is -7.20. The van der Waals surface area contributed by atoms with E-state index in [9.17, 15) is 10.5 Å². The SMILES string of the molecule is N#Cc1cccc(-c2cc(-c3cccc(C#N)c3)cc(N(c3ccccc3)c3cccc(-c4ccc5c6c(cccc46)-c4ccccc4-5)c3)c2)c1. The van der Waals surface area contributed by atoms with Crippen LogP contribution < -0.4 is 4.90 Å². The molecule has 3 heteroatoms. The second-order valence-electron chi connectivity index (χ2n) is 12.8. The molecule has 0 N–H and O–H groups in total. The normalized spacial score (nSPS) is 11.1. The molecule has 51 heavy (non-hydrogen) atoms. The van der Waals surface area contributed by atoms with Crippen molar-refractivity contribution in [1.29, 1.82) is 10.5 Å². The molecule has 0 aromatic heterocycles. The quantitative estimate of drug-likeness (QED) is 0.180. The molecule has 3 nitrogen and oxygen atoms in total. The zero-order chi connectivity index (χ0) is 34.3. The Labute approximate surface area is 297 Å². The van der Waals surface area contributed by atoms with E-state index >= 15 is 0 Å². The van der Waals surface area contributed by atoms with Gasteiger partial charge in [0.05, 0.1) is 23.3 Å². The van der Waals surface area contributed by atoms with Gasteiger partial charge in [0.1, 0.15) is 0 Å². The first-order chi connectivity index (χ1) is 25.2. The third-order valence-electron chi connectivity index (χ3n) is 9.80. The van der Waals surface area contributed by atoms with E-state index < -0.39 is 0 Å². The average molecular weight is 648 g/mol. The Balaban J connectivity index is 1.24. The van der Waals surface area contributed by atoms with E-state index in [1.54, 1.807) is 0 Å². The van der Waals surface area contributed by atoms with Gasteiger partial charge < -0.3 is 4.90 Å². The summed E-state index contributed by atoms with van der Waals surface area (Å²) in [5.41, 5.74) is 15.5. The maximum atomic E-state index is 9.72. The fourth-order valence-electron chi connectivity index (χ4n) is 7.51. The van der Waals surface area contributed by atoms with Crippen molar-refractivity contribution < 1.29 is 0 Å². The predicted octanol–water partition coefficient (Wildman–Crippen LogP) is 12.7. The Morgan fingerprint density at radius 2 is 0.843 bits per heavy atom. The Kier molecular flexibility index (Phi) is 7.24. The molecule has 8 aromatic rings. The summed E-state index contributed by atoms with van der Waals surface area (Å²) in [7, 11) is 0. The summed E-state index contributed by atoms with van der Waals surface area (Å²) in [5, 5.41) is 22.0. The predicted molar refractivity (Wildman–Crippen MR) is 209 cm³/mol. The van der Waals surface area contributed by atoms with Crippen LogP contribution in [-0.2, 0) is 0 Å². The van der Waals surface area contributed by atoms with Crippen LogP contribution in [-0.4, -0.2) is 0 Å². The van der Waals surface area contributed by atoms with Gasteiger partial charge in [-0.1, -0.05) is 109 Å². The minimum atomic E-state index is 0.604. The molecule has 0 fully saturated rings. The molecule has 0 saturated heterocycles. The van der Waals surface area contributed by atoms with Crippen LogP contribution in [0.3, 0.4) is 0 Å². The van der Waals surface area contributed by atoms with E-state index in [4.69, 9.17) is 0 Å². The Bertz CT molecular complexity index is 2620. The van der Waals surface area contributed by atoms with Gasteiger partial charge in [0.25, 0.3) is 0 Å². The van der Waals surface area contributed by atoms with Gasteiger partial charge in [-0.15, -0.1) is 0 Å². The van der Waals surface area contributed by atoms with Crippen LogP contribution in [0.15, 0.2) is 176 Å². The summed E-state index contributed by atoms with van der Waals surface area (Å²) in [4.78, 5) is 2.29. The third-order valence-corrected chi connectivity index (χ3v) is 9.80. The molecule has 1 aliphatic rings. The fourth-order valence-corrected chi connectivity index (χ4v) is 7.51. The van der Waals surface area contributed by atoms with E-state index in [0.29, 0.717) is 11.1 Å². The van der Waals surface area contributed by atoms with Crippen LogP contribution in [0, 0.1) is 22.7 Å². The van der Waals surface area contributed by atoms with E-state index in [0.717, 1.165) is 44.9 Å². The summed E-state index contributed by atoms with van der Waals surface area (Å²) in [6, 6.07) is 65.5. The number of para-hydroxylation sites is 1. The van der Waals surface area contributed by atoms with Gasteiger partial charge in [0.2, 0.25) is 0 Å². The number of hydrogen-bond acceptors (Lipinski definition) is 3. The fraction of sp³-hybridized carbons (Fsp3) is 0. The molecule has 1 aliphatic carbocycles. The standard InChI is InChI=1S/C48H29N3/c49-30-32-10-6-12-34(24-32)37-26-38(35-13-7-11-33(25-35)31-50)29-41(28-37)51(39-15-2-1-3-16-39)40-17-8-14-36(27-40)42-22-23-47-44-19-5-4-18-43(44)46-21-9-20-45(42)48(46)47/h1-29H. The number of fused-ring (bicyclic) bond motifs is 3. The van der Waals surface area contributed by atoms with E-state index in [1.165, 1.54) is 38.6 Å². The minimum absolute atomic E-state index is 0.604. The highest BCUT2D eigenvalue weighted by Gasteiger charge is 2.23. The molecule has 0 heterocycles. The molecule has 0 saturated carbocycles. The highest BCUT2D eigenvalue weighted by Crippen LogP contribution is 2.49. The molecule has 236 valence electrons. The molecule has 0 unspecified atom stereocenters. The summed E-state index contributed by atoms with van der Waals surface area (Å²) >= 11 is 0. The van der Waals surface area contributed by atoms with Crippen molar-refractivity contribution in [2.24, 2.45) is 0 Å². The van der Waals surface area contributed by atoms with Gasteiger partial charge >= 0.3 is 0 Å². The summed E-state index contributed by atoms with van der Waals surface area (Å²) < 4.78 is 0. The molecule has 0 spiro atoms. The van der Waals surface area contributed by atoms with Crippen molar-refractivity contribution in [3.8, 4) is 67.8 Å². The monoisotopic (exact) mass is 647 g/mol. The number of nitrogens with zero attached hydrogens (tertiary/aromatic N) is 3. The van der Waals surface area contributed by atoms with Gasteiger partial charge in [-0.05, 0) is 133 Å². The van der Waals surface area contributed by atoms with Crippen LogP contribution >= 0.6 is 0 Å². The lowest BCUT2D eigenvalue weighted by atomic mass is 9.93. The second-order valence-corrected chi connectivity index (χ2v) is 12.8. The largest absolute Gasteiger partial charge is 0.310 e. The summed E-state index contributed by atoms with van der Waals surface area (Å²) in [6.07, 6.45) is 0. The topological polar surface area (TPSA) is 50.8 Å². The highest BCUT2D eigenvalue weighted by atomic mass is 15.1. The number of anilines is 3. The minimum Gasteiger partial charge on any atom is -0.310 e. The van der Waals surface area contributed by atoms with E-state index in [2.05, 4.69) is 138 Å². The third kappa shape index (κ3) is 5.22. The average Bonchev–Trinajstić information content (AvgIpc) is 3.53. The lowest BCUT2D eigenvalue weighted by Gasteiger charge is -2.27. The second kappa shape index (κ2) is 12.4. The molecule has 0 radical (unpaired) electrons. The molecular formula is C48H29N3. The lowest BCUT2D eigenvalue weighted by molar-refractivity contribution is 1.28. The van der Waals surface area contributed by atoms with Crippen molar-refractivity contribution in [1.82, 2.24) is 0 Å². The van der Waals surface area contributed by atoms with Gasteiger partial charge in [-0.2, -0.15) is 10.5 Å². The van der Waals surface area contributed by atoms with Crippen molar-refractivity contribution in [3.63, 3.8) is 0 Å². The van der Waals surface area contributed by atoms with Crippen molar-refractivity contribution in [3.05, 3.63) is 187 Å². The number of rotatable bonds is 6.